The Hall–Kier alpha value is -0.820. The summed E-state index contributed by atoms with van der Waals surface area (Å²) in [5.74, 6) is 0. The Kier molecular flexibility index (Phi) is 4.90. The Labute approximate surface area is 125 Å². The number of hydrogen-bond donors (Lipinski definition) is 2. The van der Waals surface area contributed by atoms with Crippen LogP contribution in [0.25, 0.3) is 0 Å². The third-order valence-corrected chi connectivity index (χ3v) is 5.39. The van der Waals surface area contributed by atoms with E-state index in [4.69, 9.17) is 17.3 Å². The normalized spacial score (nSPS) is 20.4. The Morgan fingerprint density at radius 1 is 1.50 bits per heavy atom. The molecule has 1 aliphatic heterocycles. The zero-order valence-electron chi connectivity index (χ0n) is 11.5. The summed E-state index contributed by atoms with van der Waals surface area (Å²) in [4.78, 5) is 2.33. The number of likely N-dealkylation sites (tertiary alicyclic amines) is 1. The van der Waals surface area contributed by atoms with Crippen LogP contribution in [0.1, 0.15) is 19.8 Å². The van der Waals surface area contributed by atoms with Crippen LogP contribution >= 0.6 is 11.6 Å². The summed E-state index contributed by atoms with van der Waals surface area (Å²) in [6.07, 6.45) is 2.13. The van der Waals surface area contributed by atoms with E-state index in [-0.39, 0.29) is 16.6 Å². The average Bonchev–Trinajstić information content (AvgIpc) is 2.86. The number of nitrogens with two attached hydrogens (primary N) is 1. The second kappa shape index (κ2) is 6.30. The van der Waals surface area contributed by atoms with Gasteiger partial charge in [-0.2, -0.15) is 0 Å². The lowest BCUT2D eigenvalue weighted by Crippen LogP contribution is -2.40. The quantitative estimate of drug-likeness (QED) is 0.810. The van der Waals surface area contributed by atoms with Crippen LogP contribution < -0.4 is 10.5 Å². The predicted octanol–water partition coefficient (Wildman–Crippen LogP) is 1.68. The highest BCUT2D eigenvalue weighted by molar-refractivity contribution is 7.89. The number of likely N-dealkylation sites (N-methyl/N-ethyl adjacent to an activating group) is 1. The number of halogens is 1. The second-order valence-electron chi connectivity index (χ2n) is 4.96. The summed E-state index contributed by atoms with van der Waals surface area (Å²) in [6.45, 7) is 4.46. The fourth-order valence-corrected chi connectivity index (χ4v) is 4.03. The van der Waals surface area contributed by atoms with Gasteiger partial charge in [0.1, 0.15) is 4.90 Å². The molecule has 1 saturated heterocycles. The van der Waals surface area contributed by atoms with Crippen molar-refractivity contribution in [3.05, 3.63) is 23.2 Å². The maximum atomic E-state index is 12.3. The molecule has 20 heavy (non-hydrogen) atoms. The highest BCUT2D eigenvalue weighted by Crippen LogP contribution is 2.23. The van der Waals surface area contributed by atoms with Gasteiger partial charge in [-0.05, 0) is 44.1 Å². The van der Waals surface area contributed by atoms with Gasteiger partial charge in [0.2, 0.25) is 10.0 Å². The molecule has 1 atom stereocenters. The Morgan fingerprint density at radius 3 is 2.95 bits per heavy atom. The van der Waals surface area contributed by atoms with Crippen molar-refractivity contribution in [2.24, 2.45) is 0 Å². The van der Waals surface area contributed by atoms with Gasteiger partial charge in [-0.1, -0.05) is 18.5 Å². The van der Waals surface area contributed by atoms with E-state index in [2.05, 4.69) is 16.5 Å². The van der Waals surface area contributed by atoms with Crippen LogP contribution in [-0.4, -0.2) is 39.0 Å². The molecule has 1 aromatic rings. The van der Waals surface area contributed by atoms with E-state index >= 15 is 0 Å². The highest BCUT2D eigenvalue weighted by Gasteiger charge is 2.25. The molecule has 1 unspecified atom stereocenters. The number of hydrogen-bond acceptors (Lipinski definition) is 4. The first-order valence-electron chi connectivity index (χ1n) is 6.73. The fraction of sp³-hybridized carbons (Fsp3) is 0.538. The van der Waals surface area contributed by atoms with Crippen LogP contribution in [0, 0.1) is 0 Å². The van der Waals surface area contributed by atoms with Gasteiger partial charge in [0.05, 0.1) is 5.69 Å². The van der Waals surface area contributed by atoms with E-state index in [1.165, 1.54) is 12.1 Å². The van der Waals surface area contributed by atoms with E-state index in [0.29, 0.717) is 11.6 Å². The standard InChI is InChI=1S/C13H20ClN3O2S/c1-2-17-7-3-4-11(17)9-16-20(18,19)13-8-10(14)5-6-12(13)15/h5-6,8,11,16H,2-4,7,9,15H2,1H3. The molecule has 7 heteroatoms. The molecule has 0 radical (unpaired) electrons. The molecule has 1 aromatic carbocycles. The molecule has 1 heterocycles. The SMILES string of the molecule is CCN1CCCC1CNS(=O)(=O)c1cc(Cl)ccc1N. The zero-order valence-corrected chi connectivity index (χ0v) is 13.0. The van der Waals surface area contributed by atoms with E-state index in [9.17, 15) is 8.42 Å². The van der Waals surface area contributed by atoms with Gasteiger partial charge in [-0.15, -0.1) is 0 Å². The first-order valence-corrected chi connectivity index (χ1v) is 8.59. The van der Waals surface area contributed by atoms with E-state index < -0.39 is 10.0 Å². The third kappa shape index (κ3) is 3.44. The van der Waals surface area contributed by atoms with Crippen LogP contribution in [0.15, 0.2) is 23.1 Å². The maximum Gasteiger partial charge on any atom is 0.242 e. The van der Waals surface area contributed by atoms with Gasteiger partial charge >= 0.3 is 0 Å². The molecule has 0 aliphatic carbocycles. The van der Waals surface area contributed by atoms with Crippen molar-refractivity contribution < 1.29 is 8.42 Å². The largest absolute Gasteiger partial charge is 0.398 e. The van der Waals surface area contributed by atoms with Crippen molar-refractivity contribution >= 4 is 27.3 Å². The van der Waals surface area contributed by atoms with Crippen LogP contribution in [0.3, 0.4) is 0 Å². The number of sulfonamides is 1. The number of benzene rings is 1. The van der Waals surface area contributed by atoms with Crippen molar-refractivity contribution in [2.75, 3.05) is 25.4 Å². The summed E-state index contributed by atoms with van der Waals surface area (Å²) in [7, 11) is -3.62. The van der Waals surface area contributed by atoms with Crippen molar-refractivity contribution in [2.45, 2.75) is 30.7 Å². The first-order chi connectivity index (χ1) is 9.44. The molecule has 2 rings (SSSR count). The van der Waals surface area contributed by atoms with Crippen molar-refractivity contribution in [1.82, 2.24) is 9.62 Å². The monoisotopic (exact) mass is 317 g/mol. The molecular formula is C13H20ClN3O2S. The van der Waals surface area contributed by atoms with Gasteiger partial charge in [-0.25, -0.2) is 13.1 Å². The Balaban J connectivity index is 2.09. The van der Waals surface area contributed by atoms with Gasteiger partial charge in [-0.3, -0.25) is 4.90 Å². The molecule has 0 bridgehead atoms. The lowest BCUT2D eigenvalue weighted by Gasteiger charge is -2.23. The number of nitrogen functional groups attached to an aromatic ring is 1. The fourth-order valence-electron chi connectivity index (χ4n) is 2.57. The van der Waals surface area contributed by atoms with Crippen molar-refractivity contribution in [1.29, 1.82) is 0 Å². The molecule has 0 spiro atoms. The average molecular weight is 318 g/mol. The lowest BCUT2D eigenvalue weighted by atomic mass is 10.2. The second-order valence-corrected chi connectivity index (χ2v) is 7.13. The minimum atomic E-state index is -3.62. The summed E-state index contributed by atoms with van der Waals surface area (Å²) >= 11 is 5.84. The predicted molar refractivity (Wildman–Crippen MR) is 81.3 cm³/mol. The van der Waals surface area contributed by atoms with Crippen molar-refractivity contribution in [3.8, 4) is 0 Å². The number of nitrogens with zero attached hydrogens (tertiary/aromatic N) is 1. The molecule has 0 saturated carbocycles. The van der Waals surface area contributed by atoms with Gasteiger partial charge in [0, 0.05) is 17.6 Å². The summed E-state index contributed by atoms with van der Waals surface area (Å²) in [6, 6.07) is 4.72. The first kappa shape index (κ1) is 15.6. The Bertz CT molecular complexity index is 577. The molecule has 1 aliphatic rings. The third-order valence-electron chi connectivity index (χ3n) is 3.68. The molecule has 0 amide bonds. The van der Waals surface area contributed by atoms with Gasteiger partial charge in [0.15, 0.2) is 0 Å². The number of nitrogens with one attached hydrogen (secondary N) is 1. The number of anilines is 1. The lowest BCUT2D eigenvalue weighted by molar-refractivity contribution is 0.268. The highest BCUT2D eigenvalue weighted by atomic mass is 35.5. The van der Waals surface area contributed by atoms with E-state index in [1.54, 1.807) is 6.07 Å². The van der Waals surface area contributed by atoms with Crippen LogP contribution in [0.2, 0.25) is 5.02 Å². The molecule has 3 N–H and O–H groups in total. The zero-order chi connectivity index (χ0) is 14.8. The van der Waals surface area contributed by atoms with Gasteiger partial charge in [0.25, 0.3) is 0 Å². The van der Waals surface area contributed by atoms with Crippen LogP contribution in [0.5, 0.6) is 0 Å². The van der Waals surface area contributed by atoms with Crippen LogP contribution in [-0.2, 0) is 10.0 Å². The molecule has 0 aromatic heterocycles. The maximum absolute atomic E-state index is 12.3. The van der Waals surface area contributed by atoms with Gasteiger partial charge < -0.3 is 5.73 Å². The minimum absolute atomic E-state index is 0.0473. The van der Waals surface area contributed by atoms with E-state index in [0.717, 1.165) is 25.9 Å². The van der Waals surface area contributed by atoms with E-state index in [1.807, 2.05) is 0 Å². The van der Waals surface area contributed by atoms with Crippen LogP contribution in [0.4, 0.5) is 5.69 Å². The molecule has 1 fully saturated rings. The van der Waals surface area contributed by atoms with Crippen molar-refractivity contribution in [3.63, 3.8) is 0 Å². The smallest absolute Gasteiger partial charge is 0.242 e. The number of rotatable bonds is 5. The minimum Gasteiger partial charge on any atom is -0.398 e. The summed E-state index contributed by atoms with van der Waals surface area (Å²) < 4.78 is 27.2. The summed E-state index contributed by atoms with van der Waals surface area (Å²) in [5, 5.41) is 0.357. The topological polar surface area (TPSA) is 75.4 Å². The Morgan fingerprint density at radius 2 is 2.25 bits per heavy atom. The summed E-state index contributed by atoms with van der Waals surface area (Å²) in [5.41, 5.74) is 5.93. The molecule has 5 nitrogen and oxygen atoms in total. The molecule has 112 valence electrons. The molecular weight excluding hydrogens is 298 g/mol.